The molecule has 1 aromatic heterocycles. The Morgan fingerprint density at radius 2 is 1.75 bits per heavy atom. The fraction of sp³-hybridized carbons (Fsp3) is 0.0526. The summed E-state index contributed by atoms with van der Waals surface area (Å²) in [5.74, 6) is -5.11. The average Bonchev–Trinajstić information content (AvgIpc) is 2.69. The zero-order valence-corrected chi connectivity index (χ0v) is 14.5. The zero-order valence-electron chi connectivity index (χ0n) is 14.5. The molecule has 0 saturated carbocycles. The molecule has 6 nitrogen and oxygen atoms in total. The summed E-state index contributed by atoms with van der Waals surface area (Å²) in [5.41, 5.74) is 0.404. The lowest BCUT2D eigenvalue weighted by atomic mass is 10.1. The number of hydrogen-bond donors (Lipinski definition) is 2. The van der Waals surface area contributed by atoms with Gasteiger partial charge in [-0.25, -0.2) is 23.1 Å². The fourth-order valence-electron chi connectivity index (χ4n) is 2.32. The molecule has 0 aliphatic heterocycles. The molecule has 0 spiro atoms. The first-order valence-electron chi connectivity index (χ1n) is 8.00. The van der Waals surface area contributed by atoms with Crippen LogP contribution in [0.1, 0.15) is 27.8 Å². The number of carbonyl (C=O) groups is 2. The Balaban J connectivity index is 1.79. The van der Waals surface area contributed by atoms with Gasteiger partial charge in [-0.2, -0.15) is 0 Å². The van der Waals surface area contributed by atoms with Gasteiger partial charge in [0.15, 0.2) is 23.2 Å². The van der Waals surface area contributed by atoms with E-state index in [-0.39, 0.29) is 23.0 Å². The average molecular weight is 386 g/mol. The molecule has 1 amide bonds. The lowest BCUT2D eigenvalue weighted by Crippen LogP contribution is -2.14. The minimum Gasteiger partial charge on any atom is -0.338 e. The molecule has 0 aliphatic rings. The Morgan fingerprint density at radius 3 is 2.50 bits per heavy atom. The molecule has 0 saturated heterocycles. The fourth-order valence-corrected chi connectivity index (χ4v) is 2.32. The Morgan fingerprint density at radius 1 is 0.964 bits per heavy atom. The molecule has 9 heteroatoms. The van der Waals surface area contributed by atoms with E-state index in [4.69, 9.17) is 0 Å². The first kappa shape index (κ1) is 19.0. The highest BCUT2D eigenvalue weighted by Crippen LogP contribution is 2.23. The molecule has 3 aromatic rings. The Hall–Kier alpha value is -3.75. The monoisotopic (exact) mass is 386 g/mol. The van der Waals surface area contributed by atoms with Crippen molar-refractivity contribution in [1.29, 1.82) is 0 Å². The third-order valence-electron chi connectivity index (χ3n) is 3.72. The van der Waals surface area contributed by atoms with Crippen LogP contribution in [0.15, 0.2) is 48.8 Å². The smallest absolute Gasteiger partial charge is 0.274 e. The minimum atomic E-state index is -1.62. The van der Waals surface area contributed by atoms with E-state index < -0.39 is 23.4 Å². The standard InChI is InChI=1S/C19H13F3N4O2/c1-10(27)11-3-2-4-12(7-11)25-19(28)15-8-16(24-9-23-15)26-14-6-5-13(20)17(21)18(14)22/h2-9H,1H3,(H,25,28)(H,23,24,26). The van der Waals surface area contributed by atoms with Gasteiger partial charge in [-0.05, 0) is 31.2 Å². The van der Waals surface area contributed by atoms with Gasteiger partial charge in [-0.3, -0.25) is 9.59 Å². The molecule has 0 aliphatic carbocycles. The highest BCUT2D eigenvalue weighted by Gasteiger charge is 2.15. The molecule has 0 fully saturated rings. The second-order valence-electron chi connectivity index (χ2n) is 5.73. The van der Waals surface area contributed by atoms with E-state index in [1.54, 1.807) is 18.2 Å². The number of ketones is 1. The van der Waals surface area contributed by atoms with Crippen LogP contribution in [0.3, 0.4) is 0 Å². The van der Waals surface area contributed by atoms with Gasteiger partial charge in [0.25, 0.3) is 5.91 Å². The normalized spacial score (nSPS) is 10.4. The SMILES string of the molecule is CC(=O)c1cccc(NC(=O)c2cc(Nc3ccc(F)c(F)c3F)ncn2)c1. The van der Waals surface area contributed by atoms with Gasteiger partial charge in [-0.15, -0.1) is 0 Å². The molecule has 142 valence electrons. The Kier molecular flexibility index (Phi) is 5.35. The number of hydrogen-bond acceptors (Lipinski definition) is 5. The van der Waals surface area contributed by atoms with Crippen molar-refractivity contribution in [3.05, 3.63) is 77.5 Å². The zero-order chi connectivity index (χ0) is 20.3. The quantitative estimate of drug-likeness (QED) is 0.510. The van der Waals surface area contributed by atoms with Crippen molar-refractivity contribution in [1.82, 2.24) is 9.97 Å². The van der Waals surface area contributed by atoms with E-state index in [2.05, 4.69) is 20.6 Å². The van der Waals surface area contributed by atoms with Crippen LogP contribution in [0.2, 0.25) is 0 Å². The molecule has 1 heterocycles. The van der Waals surface area contributed by atoms with Crippen LogP contribution in [0, 0.1) is 17.5 Å². The molecular formula is C19H13F3N4O2. The van der Waals surface area contributed by atoms with Gasteiger partial charge >= 0.3 is 0 Å². The predicted octanol–water partition coefficient (Wildman–Crippen LogP) is 4.09. The van der Waals surface area contributed by atoms with Crippen LogP contribution in [-0.4, -0.2) is 21.7 Å². The van der Waals surface area contributed by atoms with E-state index in [1.165, 1.54) is 19.1 Å². The van der Waals surface area contributed by atoms with Gasteiger partial charge < -0.3 is 10.6 Å². The summed E-state index contributed by atoms with van der Waals surface area (Å²) in [6.45, 7) is 1.40. The Labute approximate surface area is 157 Å². The lowest BCUT2D eigenvalue weighted by Gasteiger charge is -2.09. The maximum absolute atomic E-state index is 13.8. The summed E-state index contributed by atoms with van der Waals surface area (Å²) in [6, 6.07) is 9.32. The largest absolute Gasteiger partial charge is 0.338 e. The number of Topliss-reactive ketones (excluding diaryl/α,β-unsaturated/α-hetero) is 1. The van der Waals surface area contributed by atoms with E-state index >= 15 is 0 Å². The molecule has 2 N–H and O–H groups in total. The summed E-state index contributed by atoms with van der Waals surface area (Å²) >= 11 is 0. The van der Waals surface area contributed by atoms with Crippen LogP contribution in [-0.2, 0) is 0 Å². The number of halogens is 3. The molecule has 2 aromatic carbocycles. The van der Waals surface area contributed by atoms with Crippen LogP contribution in [0.5, 0.6) is 0 Å². The number of nitrogens with zero attached hydrogens (tertiary/aromatic N) is 2. The number of amides is 1. The number of anilines is 3. The minimum absolute atomic E-state index is 0.00236. The van der Waals surface area contributed by atoms with Gasteiger partial charge in [0.1, 0.15) is 17.8 Å². The van der Waals surface area contributed by atoms with E-state index in [0.29, 0.717) is 11.3 Å². The van der Waals surface area contributed by atoms with Crippen molar-refractivity contribution in [2.45, 2.75) is 6.92 Å². The molecule has 0 unspecified atom stereocenters. The maximum Gasteiger partial charge on any atom is 0.274 e. The number of aromatic nitrogens is 2. The number of rotatable bonds is 5. The van der Waals surface area contributed by atoms with Crippen LogP contribution < -0.4 is 10.6 Å². The maximum atomic E-state index is 13.8. The topological polar surface area (TPSA) is 84.0 Å². The van der Waals surface area contributed by atoms with Crippen molar-refractivity contribution in [3.8, 4) is 0 Å². The molecule has 3 rings (SSSR count). The van der Waals surface area contributed by atoms with E-state index in [0.717, 1.165) is 18.5 Å². The first-order valence-corrected chi connectivity index (χ1v) is 8.00. The van der Waals surface area contributed by atoms with Gasteiger partial charge in [0.05, 0.1) is 5.69 Å². The number of carbonyl (C=O) groups excluding carboxylic acids is 2. The molecule has 0 radical (unpaired) electrons. The lowest BCUT2D eigenvalue weighted by molar-refractivity contribution is 0.100. The van der Waals surface area contributed by atoms with Crippen molar-refractivity contribution in [2.75, 3.05) is 10.6 Å². The van der Waals surface area contributed by atoms with Crippen molar-refractivity contribution in [2.24, 2.45) is 0 Å². The third-order valence-corrected chi connectivity index (χ3v) is 3.72. The van der Waals surface area contributed by atoms with E-state index in [1.807, 2.05) is 0 Å². The molecule has 0 atom stereocenters. The van der Waals surface area contributed by atoms with E-state index in [9.17, 15) is 22.8 Å². The summed E-state index contributed by atoms with van der Waals surface area (Å²) in [4.78, 5) is 31.4. The van der Waals surface area contributed by atoms with Crippen LogP contribution in [0.4, 0.5) is 30.4 Å². The molecule has 0 bridgehead atoms. The summed E-state index contributed by atoms with van der Waals surface area (Å²) in [7, 11) is 0. The first-order chi connectivity index (χ1) is 13.3. The van der Waals surface area contributed by atoms with Gasteiger partial charge in [0.2, 0.25) is 0 Å². The van der Waals surface area contributed by atoms with Crippen LogP contribution in [0.25, 0.3) is 0 Å². The van der Waals surface area contributed by atoms with Gasteiger partial charge in [0, 0.05) is 17.3 Å². The van der Waals surface area contributed by atoms with Crippen LogP contribution >= 0.6 is 0 Å². The molecular weight excluding hydrogens is 373 g/mol. The predicted molar refractivity (Wildman–Crippen MR) is 96.0 cm³/mol. The highest BCUT2D eigenvalue weighted by atomic mass is 19.2. The highest BCUT2D eigenvalue weighted by molar-refractivity contribution is 6.04. The van der Waals surface area contributed by atoms with Crippen molar-refractivity contribution < 1.29 is 22.8 Å². The molecule has 28 heavy (non-hydrogen) atoms. The second kappa shape index (κ2) is 7.87. The summed E-state index contributed by atoms with van der Waals surface area (Å²) < 4.78 is 40.1. The van der Waals surface area contributed by atoms with Gasteiger partial charge in [-0.1, -0.05) is 12.1 Å². The summed E-state index contributed by atoms with van der Waals surface area (Å²) in [6.07, 6.45) is 1.06. The third kappa shape index (κ3) is 4.14. The van der Waals surface area contributed by atoms with Crippen molar-refractivity contribution in [3.63, 3.8) is 0 Å². The number of nitrogens with one attached hydrogen (secondary N) is 2. The van der Waals surface area contributed by atoms with Crippen molar-refractivity contribution >= 4 is 28.9 Å². The second-order valence-corrected chi connectivity index (χ2v) is 5.73. The Bertz CT molecular complexity index is 1070. The summed E-state index contributed by atoms with van der Waals surface area (Å²) in [5, 5.41) is 5.05. The number of benzene rings is 2.